The fraction of sp³-hybridized carbons (Fsp3) is 0.600. The maximum Gasteiger partial charge on any atom is 0.131 e. The Bertz CT molecular complexity index is 282. The molecule has 1 heterocycles. The molecule has 1 N–H and O–H groups in total. The van der Waals surface area contributed by atoms with Crippen LogP contribution in [0.5, 0.6) is 0 Å². The third-order valence-electron chi connectivity index (χ3n) is 1.81. The van der Waals surface area contributed by atoms with E-state index in [2.05, 4.69) is 9.97 Å². The Balaban J connectivity index is 2.66. The van der Waals surface area contributed by atoms with E-state index < -0.39 is 6.10 Å². The van der Waals surface area contributed by atoms with E-state index in [1.807, 2.05) is 19.9 Å². The number of rotatable bonds is 4. The molecule has 0 spiro atoms. The number of ether oxygens (including phenoxy) is 1. The lowest BCUT2D eigenvalue weighted by Gasteiger charge is -2.08. The van der Waals surface area contributed by atoms with Crippen LogP contribution in [-0.2, 0) is 11.2 Å². The molecule has 14 heavy (non-hydrogen) atoms. The van der Waals surface area contributed by atoms with Crippen LogP contribution in [0.1, 0.15) is 17.2 Å². The average Bonchev–Trinajstić information content (AvgIpc) is 2.01. The van der Waals surface area contributed by atoms with Crippen molar-refractivity contribution in [2.24, 2.45) is 0 Å². The molecule has 1 aromatic heterocycles. The minimum absolute atomic E-state index is 0.316. The van der Waals surface area contributed by atoms with E-state index in [1.54, 1.807) is 7.11 Å². The quantitative estimate of drug-likeness (QED) is 0.768. The minimum Gasteiger partial charge on any atom is -0.390 e. The molecule has 0 saturated carbocycles. The first kappa shape index (κ1) is 11.1. The monoisotopic (exact) mass is 196 g/mol. The second-order valence-corrected chi connectivity index (χ2v) is 3.38. The number of hydrogen-bond donors (Lipinski definition) is 1. The van der Waals surface area contributed by atoms with Crippen LogP contribution in [0.15, 0.2) is 6.07 Å². The SMILES string of the molecule is COCC(O)Cc1nc(C)cc(C)n1. The average molecular weight is 196 g/mol. The van der Waals surface area contributed by atoms with E-state index >= 15 is 0 Å². The Morgan fingerprint density at radius 3 is 2.43 bits per heavy atom. The first-order valence-electron chi connectivity index (χ1n) is 4.60. The van der Waals surface area contributed by atoms with Crippen molar-refractivity contribution in [2.45, 2.75) is 26.4 Å². The highest BCUT2D eigenvalue weighted by atomic mass is 16.5. The van der Waals surface area contributed by atoms with E-state index in [9.17, 15) is 5.11 Å². The summed E-state index contributed by atoms with van der Waals surface area (Å²) in [5, 5.41) is 9.48. The van der Waals surface area contributed by atoms with Crippen molar-refractivity contribution < 1.29 is 9.84 Å². The van der Waals surface area contributed by atoms with Crippen LogP contribution in [0.25, 0.3) is 0 Å². The molecule has 0 aromatic carbocycles. The van der Waals surface area contributed by atoms with Crippen LogP contribution < -0.4 is 0 Å². The van der Waals surface area contributed by atoms with Crippen molar-refractivity contribution in [1.82, 2.24) is 9.97 Å². The molecule has 0 saturated heterocycles. The molecular weight excluding hydrogens is 180 g/mol. The third kappa shape index (κ3) is 3.40. The number of methoxy groups -OCH3 is 1. The number of aliphatic hydroxyl groups excluding tert-OH is 1. The van der Waals surface area contributed by atoms with Crippen LogP contribution in [0, 0.1) is 13.8 Å². The Kier molecular flexibility index (Phi) is 3.98. The summed E-state index contributed by atoms with van der Waals surface area (Å²) in [6.07, 6.45) is -0.0858. The number of hydrogen-bond acceptors (Lipinski definition) is 4. The molecule has 0 radical (unpaired) electrons. The maximum absolute atomic E-state index is 9.48. The van der Waals surface area contributed by atoms with Crippen molar-refractivity contribution >= 4 is 0 Å². The number of aliphatic hydroxyl groups is 1. The first-order chi connectivity index (χ1) is 6.61. The summed E-state index contributed by atoms with van der Waals surface area (Å²) in [7, 11) is 1.56. The van der Waals surface area contributed by atoms with Crippen molar-refractivity contribution in [3.05, 3.63) is 23.3 Å². The van der Waals surface area contributed by atoms with Crippen LogP contribution in [0.4, 0.5) is 0 Å². The summed E-state index contributed by atoms with van der Waals surface area (Å²) >= 11 is 0. The molecule has 4 heteroatoms. The Hall–Kier alpha value is -1.00. The van der Waals surface area contributed by atoms with Crippen LogP contribution in [0.2, 0.25) is 0 Å². The van der Waals surface area contributed by atoms with Gasteiger partial charge in [0.1, 0.15) is 5.82 Å². The number of aryl methyl sites for hydroxylation is 2. The van der Waals surface area contributed by atoms with Gasteiger partial charge >= 0.3 is 0 Å². The smallest absolute Gasteiger partial charge is 0.131 e. The molecular formula is C10H16N2O2. The van der Waals surface area contributed by atoms with Crippen molar-refractivity contribution in [3.8, 4) is 0 Å². The first-order valence-corrected chi connectivity index (χ1v) is 4.60. The van der Waals surface area contributed by atoms with E-state index in [0.717, 1.165) is 11.4 Å². The standard InChI is InChI=1S/C10H16N2O2/c1-7-4-8(2)12-10(11-7)5-9(13)6-14-3/h4,9,13H,5-6H2,1-3H3. The van der Waals surface area contributed by atoms with Gasteiger partial charge in [0.05, 0.1) is 12.7 Å². The van der Waals surface area contributed by atoms with Crippen molar-refractivity contribution in [3.63, 3.8) is 0 Å². The fourth-order valence-electron chi connectivity index (χ4n) is 1.35. The zero-order chi connectivity index (χ0) is 10.6. The summed E-state index contributed by atoms with van der Waals surface area (Å²) < 4.78 is 4.83. The van der Waals surface area contributed by atoms with Crippen molar-refractivity contribution in [1.29, 1.82) is 0 Å². The van der Waals surface area contributed by atoms with Crippen LogP contribution >= 0.6 is 0 Å². The summed E-state index contributed by atoms with van der Waals surface area (Å²) in [4.78, 5) is 8.46. The highest BCUT2D eigenvalue weighted by molar-refractivity contribution is 5.08. The molecule has 0 aliphatic carbocycles. The molecule has 1 aromatic rings. The highest BCUT2D eigenvalue weighted by Gasteiger charge is 2.07. The summed E-state index contributed by atoms with van der Waals surface area (Å²) in [6, 6.07) is 1.91. The van der Waals surface area contributed by atoms with Gasteiger partial charge in [-0.05, 0) is 19.9 Å². The molecule has 0 amide bonds. The summed E-state index contributed by atoms with van der Waals surface area (Å²) in [6.45, 7) is 4.15. The normalized spacial score (nSPS) is 12.9. The molecule has 78 valence electrons. The molecule has 0 aliphatic rings. The van der Waals surface area contributed by atoms with E-state index in [4.69, 9.17) is 4.74 Å². The zero-order valence-corrected chi connectivity index (χ0v) is 8.82. The highest BCUT2D eigenvalue weighted by Crippen LogP contribution is 2.02. The lowest BCUT2D eigenvalue weighted by molar-refractivity contribution is 0.0637. The summed E-state index contributed by atoms with van der Waals surface area (Å²) in [5.41, 5.74) is 1.86. The Morgan fingerprint density at radius 1 is 1.36 bits per heavy atom. The van der Waals surface area contributed by atoms with Crippen LogP contribution in [-0.4, -0.2) is 34.9 Å². The van der Waals surface area contributed by atoms with Gasteiger partial charge in [-0.25, -0.2) is 9.97 Å². The Morgan fingerprint density at radius 2 is 1.93 bits per heavy atom. The number of aromatic nitrogens is 2. The van der Waals surface area contributed by atoms with Gasteiger partial charge in [-0.1, -0.05) is 0 Å². The zero-order valence-electron chi connectivity index (χ0n) is 8.82. The molecule has 0 fully saturated rings. The van der Waals surface area contributed by atoms with Gasteiger partial charge in [-0.2, -0.15) is 0 Å². The molecule has 4 nitrogen and oxygen atoms in total. The molecule has 1 unspecified atom stereocenters. The van der Waals surface area contributed by atoms with E-state index in [1.165, 1.54) is 0 Å². The largest absolute Gasteiger partial charge is 0.390 e. The van der Waals surface area contributed by atoms with Gasteiger partial charge in [0.25, 0.3) is 0 Å². The van der Waals surface area contributed by atoms with Gasteiger partial charge in [0, 0.05) is 24.9 Å². The topological polar surface area (TPSA) is 55.2 Å². The van der Waals surface area contributed by atoms with Gasteiger partial charge in [0.15, 0.2) is 0 Å². The fourth-order valence-corrected chi connectivity index (χ4v) is 1.35. The van der Waals surface area contributed by atoms with Crippen molar-refractivity contribution in [2.75, 3.05) is 13.7 Å². The molecule has 1 rings (SSSR count). The maximum atomic E-state index is 9.48. The van der Waals surface area contributed by atoms with Gasteiger partial charge < -0.3 is 9.84 Å². The lowest BCUT2D eigenvalue weighted by atomic mass is 10.2. The molecule has 1 atom stereocenters. The van der Waals surface area contributed by atoms with E-state index in [-0.39, 0.29) is 0 Å². The predicted octanol–water partition coefficient (Wildman–Crippen LogP) is 0.643. The second kappa shape index (κ2) is 5.02. The van der Waals surface area contributed by atoms with Gasteiger partial charge in [-0.15, -0.1) is 0 Å². The minimum atomic E-state index is -0.527. The molecule has 0 aliphatic heterocycles. The number of nitrogens with zero attached hydrogens (tertiary/aromatic N) is 2. The van der Waals surface area contributed by atoms with Gasteiger partial charge in [-0.3, -0.25) is 0 Å². The van der Waals surface area contributed by atoms with Gasteiger partial charge in [0.2, 0.25) is 0 Å². The third-order valence-corrected chi connectivity index (χ3v) is 1.81. The molecule has 0 bridgehead atoms. The Labute approximate surface area is 84.0 Å². The predicted molar refractivity (Wildman–Crippen MR) is 53.1 cm³/mol. The summed E-state index contributed by atoms with van der Waals surface area (Å²) in [5.74, 6) is 0.673. The van der Waals surface area contributed by atoms with Crippen LogP contribution in [0.3, 0.4) is 0 Å². The van der Waals surface area contributed by atoms with E-state index in [0.29, 0.717) is 18.9 Å². The second-order valence-electron chi connectivity index (χ2n) is 3.38. The lowest BCUT2D eigenvalue weighted by Crippen LogP contribution is -2.19.